The number of benzene rings is 1. The molecule has 0 fully saturated rings. The SMILES string of the molecule is C=CCN(CC=C)C(=O)/C=C/c1ccccc1OCCC. The van der Waals surface area contributed by atoms with Crippen molar-refractivity contribution in [2.45, 2.75) is 13.3 Å². The predicted octanol–water partition coefficient (Wildman–Crippen LogP) is 3.69. The lowest BCUT2D eigenvalue weighted by molar-refractivity contribution is -0.124. The molecule has 0 saturated carbocycles. The number of ether oxygens (including phenoxy) is 1. The van der Waals surface area contributed by atoms with Gasteiger partial charge in [0.05, 0.1) is 6.61 Å². The summed E-state index contributed by atoms with van der Waals surface area (Å²) in [6.45, 7) is 11.0. The molecule has 3 nitrogen and oxygen atoms in total. The van der Waals surface area contributed by atoms with Crippen LogP contribution in [0.2, 0.25) is 0 Å². The number of hydrogen-bond acceptors (Lipinski definition) is 2. The van der Waals surface area contributed by atoms with Crippen LogP contribution in [0, 0.1) is 0 Å². The van der Waals surface area contributed by atoms with E-state index in [2.05, 4.69) is 20.1 Å². The maximum atomic E-state index is 12.1. The maximum Gasteiger partial charge on any atom is 0.247 e. The Bertz CT molecular complexity index is 496. The monoisotopic (exact) mass is 285 g/mol. The molecule has 0 atom stereocenters. The van der Waals surface area contributed by atoms with Gasteiger partial charge in [-0.05, 0) is 18.6 Å². The average molecular weight is 285 g/mol. The molecule has 0 aliphatic carbocycles. The quantitative estimate of drug-likeness (QED) is 0.511. The number of amides is 1. The lowest BCUT2D eigenvalue weighted by Crippen LogP contribution is -2.29. The molecule has 0 aliphatic rings. The molecule has 0 saturated heterocycles. The molecular weight excluding hydrogens is 262 g/mol. The zero-order valence-corrected chi connectivity index (χ0v) is 12.6. The number of rotatable bonds is 9. The Balaban J connectivity index is 2.80. The Morgan fingerprint density at radius 1 is 1.24 bits per heavy atom. The molecule has 1 amide bonds. The van der Waals surface area contributed by atoms with E-state index in [0.29, 0.717) is 19.7 Å². The van der Waals surface area contributed by atoms with E-state index in [0.717, 1.165) is 17.7 Å². The molecule has 0 bridgehead atoms. The summed E-state index contributed by atoms with van der Waals surface area (Å²) < 4.78 is 5.67. The molecule has 1 rings (SSSR count). The van der Waals surface area contributed by atoms with Crippen molar-refractivity contribution in [3.63, 3.8) is 0 Å². The van der Waals surface area contributed by atoms with Gasteiger partial charge in [0, 0.05) is 24.7 Å². The highest BCUT2D eigenvalue weighted by molar-refractivity contribution is 5.92. The van der Waals surface area contributed by atoms with Gasteiger partial charge in [0.15, 0.2) is 0 Å². The third kappa shape index (κ3) is 5.69. The van der Waals surface area contributed by atoms with Gasteiger partial charge in [0.25, 0.3) is 0 Å². The highest BCUT2D eigenvalue weighted by Gasteiger charge is 2.07. The third-order valence-corrected chi connectivity index (χ3v) is 2.80. The Morgan fingerprint density at radius 3 is 2.52 bits per heavy atom. The van der Waals surface area contributed by atoms with Crippen molar-refractivity contribution in [3.8, 4) is 5.75 Å². The maximum absolute atomic E-state index is 12.1. The average Bonchev–Trinajstić information content (AvgIpc) is 2.51. The van der Waals surface area contributed by atoms with E-state index in [4.69, 9.17) is 4.74 Å². The van der Waals surface area contributed by atoms with E-state index in [1.807, 2.05) is 24.3 Å². The van der Waals surface area contributed by atoms with Crippen LogP contribution in [-0.4, -0.2) is 30.5 Å². The molecule has 0 aliphatic heterocycles. The lowest BCUT2D eigenvalue weighted by Gasteiger charge is -2.17. The Kier molecular flexibility index (Phi) is 7.65. The van der Waals surface area contributed by atoms with E-state index >= 15 is 0 Å². The minimum absolute atomic E-state index is 0.0694. The van der Waals surface area contributed by atoms with Crippen LogP contribution in [-0.2, 0) is 4.79 Å². The van der Waals surface area contributed by atoms with Gasteiger partial charge in [-0.3, -0.25) is 4.79 Å². The van der Waals surface area contributed by atoms with E-state index < -0.39 is 0 Å². The van der Waals surface area contributed by atoms with Crippen LogP contribution in [0.3, 0.4) is 0 Å². The van der Waals surface area contributed by atoms with Crippen molar-refractivity contribution in [2.75, 3.05) is 19.7 Å². The minimum atomic E-state index is -0.0694. The van der Waals surface area contributed by atoms with Crippen molar-refractivity contribution in [3.05, 3.63) is 61.2 Å². The fourth-order valence-electron chi connectivity index (χ4n) is 1.79. The molecular formula is C18H23NO2. The second-order valence-corrected chi connectivity index (χ2v) is 4.54. The van der Waals surface area contributed by atoms with E-state index in [1.54, 1.807) is 29.2 Å². The van der Waals surface area contributed by atoms with Gasteiger partial charge in [0.1, 0.15) is 5.75 Å². The Morgan fingerprint density at radius 2 is 1.90 bits per heavy atom. The van der Waals surface area contributed by atoms with Crippen LogP contribution >= 0.6 is 0 Å². The van der Waals surface area contributed by atoms with Crippen LogP contribution in [0.15, 0.2) is 55.7 Å². The first kappa shape index (κ1) is 16.8. The summed E-state index contributed by atoms with van der Waals surface area (Å²) in [6.07, 6.45) is 7.69. The van der Waals surface area contributed by atoms with Crippen LogP contribution in [0.25, 0.3) is 6.08 Å². The lowest BCUT2D eigenvalue weighted by atomic mass is 10.2. The van der Waals surface area contributed by atoms with E-state index in [1.165, 1.54) is 0 Å². The van der Waals surface area contributed by atoms with Gasteiger partial charge < -0.3 is 9.64 Å². The van der Waals surface area contributed by atoms with Gasteiger partial charge in [-0.2, -0.15) is 0 Å². The Hall–Kier alpha value is -2.29. The number of para-hydroxylation sites is 1. The van der Waals surface area contributed by atoms with Crippen LogP contribution in [0.4, 0.5) is 0 Å². The summed E-state index contributed by atoms with van der Waals surface area (Å²) in [5, 5.41) is 0. The number of hydrogen-bond donors (Lipinski definition) is 0. The zero-order valence-electron chi connectivity index (χ0n) is 12.6. The molecule has 1 aromatic carbocycles. The standard InChI is InChI=1S/C18H23NO2/c1-4-13-19(14-5-2)18(20)12-11-16-9-7-8-10-17(16)21-15-6-3/h4-5,7-12H,1-2,6,13-15H2,3H3/b12-11+. The van der Waals surface area contributed by atoms with Gasteiger partial charge in [-0.15, -0.1) is 13.2 Å². The zero-order chi connectivity index (χ0) is 15.5. The van der Waals surface area contributed by atoms with Gasteiger partial charge in [-0.1, -0.05) is 37.3 Å². The normalized spacial score (nSPS) is 10.3. The van der Waals surface area contributed by atoms with Gasteiger partial charge in [0.2, 0.25) is 5.91 Å². The summed E-state index contributed by atoms with van der Waals surface area (Å²) >= 11 is 0. The summed E-state index contributed by atoms with van der Waals surface area (Å²) in [5.41, 5.74) is 0.899. The molecule has 0 N–H and O–H groups in total. The molecule has 0 heterocycles. The third-order valence-electron chi connectivity index (χ3n) is 2.80. The van der Waals surface area contributed by atoms with Crippen LogP contribution in [0.5, 0.6) is 5.75 Å². The first-order valence-electron chi connectivity index (χ1n) is 7.13. The molecule has 0 radical (unpaired) electrons. The molecule has 0 unspecified atom stereocenters. The molecule has 21 heavy (non-hydrogen) atoms. The number of nitrogens with zero attached hydrogens (tertiary/aromatic N) is 1. The molecule has 0 spiro atoms. The molecule has 1 aromatic rings. The largest absolute Gasteiger partial charge is 0.493 e. The fourth-order valence-corrected chi connectivity index (χ4v) is 1.79. The summed E-state index contributed by atoms with van der Waals surface area (Å²) in [4.78, 5) is 13.8. The van der Waals surface area contributed by atoms with Crippen molar-refractivity contribution in [2.24, 2.45) is 0 Å². The van der Waals surface area contributed by atoms with Crippen molar-refractivity contribution in [1.29, 1.82) is 0 Å². The first-order valence-corrected chi connectivity index (χ1v) is 7.13. The van der Waals surface area contributed by atoms with Gasteiger partial charge in [-0.25, -0.2) is 0 Å². The first-order chi connectivity index (χ1) is 10.2. The molecule has 3 heteroatoms. The predicted molar refractivity (Wildman–Crippen MR) is 88.2 cm³/mol. The summed E-state index contributed by atoms with van der Waals surface area (Å²) in [5.74, 6) is 0.725. The number of carbonyl (C=O) groups is 1. The van der Waals surface area contributed by atoms with Crippen molar-refractivity contribution >= 4 is 12.0 Å². The number of carbonyl (C=O) groups excluding carboxylic acids is 1. The second-order valence-electron chi connectivity index (χ2n) is 4.54. The fraction of sp³-hybridized carbons (Fsp3) is 0.278. The van der Waals surface area contributed by atoms with Crippen molar-refractivity contribution in [1.82, 2.24) is 4.90 Å². The second kappa shape index (κ2) is 9.59. The van der Waals surface area contributed by atoms with Crippen molar-refractivity contribution < 1.29 is 9.53 Å². The summed E-state index contributed by atoms with van der Waals surface area (Å²) in [7, 11) is 0. The van der Waals surface area contributed by atoms with Gasteiger partial charge >= 0.3 is 0 Å². The summed E-state index contributed by atoms with van der Waals surface area (Å²) in [6, 6.07) is 7.69. The Labute approximate surface area is 127 Å². The minimum Gasteiger partial charge on any atom is -0.493 e. The highest BCUT2D eigenvalue weighted by atomic mass is 16.5. The molecule has 112 valence electrons. The van der Waals surface area contributed by atoms with E-state index in [9.17, 15) is 4.79 Å². The van der Waals surface area contributed by atoms with Crippen LogP contribution in [0.1, 0.15) is 18.9 Å². The molecule has 0 aromatic heterocycles. The topological polar surface area (TPSA) is 29.5 Å². The van der Waals surface area contributed by atoms with Crippen LogP contribution < -0.4 is 4.74 Å². The van der Waals surface area contributed by atoms with E-state index in [-0.39, 0.29) is 5.91 Å². The smallest absolute Gasteiger partial charge is 0.247 e. The highest BCUT2D eigenvalue weighted by Crippen LogP contribution is 2.19.